The highest BCUT2D eigenvalue weighted by atomic mass is 19.1. The van der Waals surface area contributed by atoms with Crippen molar-refractivity contribution in [1.82, 2.24) is 4.90 Å². The Morgan fingerprint density at radius 1 is 1.02 bits per heavy atom. The van der Waals surface area contributed by atoms with Crippen LogP contribution < -0.4 is 14.8 Å². The molecule has 0 radical (unpaired) electrons. The van der Waals surface area contributed by atoms with E-state index in [1.807, 2.05) is 38.2 Å². The molecule has 0 aliphatic heterocycles. The van der Waals surface area contributed by atoms with Crippen LogP contribution in [0.5, 0.6) is 17.2 Å². The molecule has 216 valence electrons. The second-order valence-corrected chi connectivity index (χ2v) is 10.5. The lowest BCUT2D eigenvalue weighted by Crippen LogP contribution is -2.28. The van der Waals surface area contributed by atoms with E-state index in [-0.39, 0.29) is 5.82 Å². The average Bonchev–Trinajstić information content (AvgIpc) is 2.96. The van der Waals surface area contributed by atoms with Crippen LogP contribution in [-0.4, -0.2) is 63.6 Å². The largest absolute Gasteiger partial charge is 0.508 e. The van der Waals surface area contributed by atoms with Gasteiger partial charge >= 0.3 is 0 Å². The van der Waals surface area contributed by atoms with Crippen molar-refractivity contribution in [1.29, 1.82) is 0 Å². The van der Waals surface area contributed by atoms with Crippen molar-refractivity contribution in [2.75, 3.05) is 58.9 Å². The van der Waals surface area contributed by atoms with E-state index in [4.69, 9.17) is 14.2 Å². The summed E-state index contributed by atoms with van der Waals surface area (Å²) in [4.78, 5) is 2.11. The monoisotopic (exact) mass is 550 g/mol. The second-order valence-electron chi connectivity index (χ2n) is 10.5. The van der Waals surface area contributed by atoms with Crippen molar-refractivity contribution in [3.8, 4) is 17.2 Å². The van der Waals surface area contributed by atoms with E-state index in [0.717, 1.165) is 62.2 Å². The van der Waals surface area contributed by atoms with Gasteiger partial charge in [-0.3, -0.25) is 0 Å². The number of phenolic OH excluding ortho intramolecular Hbond substituents is 1. The third kappa shape index (κ3) is 8.35. The SMILES string of the molecule is CCOCCN(C)CCOc1ccc(CCCNc2cc(OC)ccc2[C@@H]2CCc3cc(O)ccc3C2)cc1F. The zero-order valence-electron chi connectivity index (χ0n) is 24.0. The summed E-state index contributed by atoms with van der Waals surface area (Å²) in [6, 6.07) is 17.3. The lowest BCUT2D eigenvalue weighted by molar-refractivity contribution is 0.116. The van der Waals surface area contributed by atoms with Crippen LogP contribution in [-0.2, 0) is 24.0 Å². The van der Waals surface area contributed by atoms with Crippen molar-refractivity contribution >= 4 is 5.69 Å². The quantitative estimate of drug-likeness (QED) is 0.220. The van der Waals surface area contributed by atoms with Crippen molar-refractivity contribution in [3.63, 3.8) is 0 Å². The number of anilines is 1. The van der Waals surface area contributed by atoms with Crippen LogP contribution in [0.1, 0.15) is 47.9 Å². The van der Waals surface area contributed by atoms with Gasteiger partial charge in [-0.2, -0.15) is 0 Å². The standard InChI is InChI=1S/C33H43FN2O4/c1-4-39-18-16-36(2)17-19-40-33-14-7-24(20-31(33)34)6-5-15-35-32-23-29(38-3)12-13-30(32)27-9-8-26-22-28(37)11-10-25(26)21-27/h7,10-14,20,22-23,27,35,37H,4-6,8-9,15-19,21H2,1-3H3/t27-/m1/s1. The molecule has 0 saturated heterocycles. The maximum Gasteiger partial charge on any atom is 0.165 e. The topological polar surface area (TPSA) is 63.2 Å². The highest BCUT2D eigenvalue weighted by Gasteiger charge is 2.23. The van der Waals surface area contributed by atoms with Crippen LogP contribution in [0.15, 0.2) is 54.6 Å². The number of nitrogens with zero attached hydrogens (tertiary/aromatic N) is 1. The maximum absolute atomic E-state index is 14.7. The number of aryl methyl sites for hydroxylation is 2. The fourth-order valence-electron chi connectivity index (χ4n) is 5.30. The minimum Gasteiger partial charge on any atom is -0.508 e. The summed E-state index contributed by atoms with van der Waals surface area (Å²) in [5, 5.41) is 13.5. The molecule has 0 aromatic heterocycles. The molecule has 0 amide bonds. The van der Waals surface area contributed by atoms with Crippen molar-refractivity contribution in [2.24, 2.45) is 0 Å². The van der Waals surface area contributed by atoms with Crippen LogP contribution >= 0.6 is 0 Å². The van der Waals surface area contributed by atoms with Crippen LogP contribution in [0.3, 0.4) is 0 Å². The lowest BCUT2D eigenvalue weighted by atomic mass is 9.79. The maximum atomic E-state index is 14.7. The molecular formula is C33H43FN2O4. The summed E-state index contributed by atoms with van der Waals surface area (Å²) < 4.78 is 31.2. The van der Waals surface area contributed by atoms with Gasteiger partial charge in [0.2, 0.25) is 0 Å². The van der Waals surface area contributed by atoms with Gasteiger partial charge in [0.25, 0.3) is 0 Å². The first-order chi connectivity index (χ1) is 19.5. The molecule has 1 aliphatic carbocycles. The Bertz CT molecular complexity index is 1240. The number of halogens is 1. The number of ether oxygens (including phenoxy) is 3. The molecule has 0 bridgehead atoms. The van der Waals surface area contributed by atoms with Crippen molar-refractivity contribution in [3.05, 3.63) is 82.7 Å². The molecule has 6 nitrogen and oxygen atoms in total. The number of aromatic hydroxyl groups is 1. The van der Waals surface area contributed by atoms with E-state index in [2.05, 4.69) is 22.3 Å². The fraction of sp³-hybridized carbons (Fsp3) is 0.455. The van der Waals surface area contributed by atoms with Gasteiger partial charge in [0, 0.05) is 38.0 Å². The summed E-state index contributed by atoms with van der Waals surface area (Å²) in [5.74, 6) is 1.54. The summed E-state index contributed by atoms with van der Waals surface area (Å²) >= 11 is 0. The molecule has 7 heteroatoms. The lowest BCUT2D eigenvalue weighted by Gasteiger charge is -2.27. The summed E-state index contributed by atoms with van der Waals surface area (Å²) in [7, 11) is 3.69. The Morgan fingerprint density at radius 2 is 1.88 bits per heavy atom. The smallest absolute Gasteiger partial charge is 0.165 e. The minimum absolute atomic E-state index is 0.297. The van der Waals surface area contributed by atoms with Gasteiger partial charge in [0.05, 0.1) is 13.7 Å². The molecule has 3 aromatic rings. The first-order valence-electron chi connectivity index (χ1n) is 14.4. The van der Waals surface area contributed by atoms with Gasteiger partial charge in [-0.05, 0) is 105 Å². The Morgan fingerprint density at radius 3 is 2.67 bits per heavy atom. The van der Waals surface area contributed by atoms with E-state index in [9.17, 15) is 9.50 Å². The van der Waals surface area contributed by atoms with Gasteiger partial charge in [-0.1, -0.05) is 18.2 Å². The molecule has 0 spiro atoms. The fourth-order valence-corrected chi connectivity index (χ4v) is 5.30. The van der Waals surface area contributed by atoms with Crippen molar-refractivity contribution < 1.29 is 23.7 Å². The predicted octanol–water partition coefficient (Wildman–Crippen LogP) is 6.20. The molecule has 40 heavy (non-hydrogen) atoms. The molecule has 3 aromatic carbocycles. The van der Waals surface area contributed by atoms with Crippen LogP contribution in [0.2, 0.25) is 0 Å². The Labute approximate surface area is 238 Å². The number of phenols is 1. The molecule has 1 atom stereocenters. The van der Waals surface area contributed by atoms with Crippen LogP contribution in [0.25, 0.3) is 0 Å². The molecule has 0 unspecified atom stereocenters. The van der Waals surface area contributed by atoms with Gasteiger partial charge in [-0.15, -0.1) is 0 Å². The van der Waals surface area contributed by atoms with Crippen LogP contribution in [0.4, 0.5) is 10.1 Å². The van der Waals surface area contributed by atoms with Gasteiger partial charge in [0.15, 0.2) is 11.6 Å². The number of fused-ring (bicyclic) bond motifs is 1. The molecule has 1 aliphatic rings. The third-order valence-corrected chi connectivity index (χ3v) is 7.62. The highest BCUT2D eigenvalue weighted by Crippen LogP contribution is 2.38. The summed E-state index contributed by atoms with van der Waals surface area (Å²) in [5.41, 5.74) is 5.88. The Kier molecular flexibility index (Phi) is 11.1. The number of nitrogens with one attached hydrogen (secondary N) is 1. The Balaban J connectivity index is 1.28. The number of rotatable bonds is 15. The zero-order valence-corrected chi connectivity index (χ0v) is 24.0. The minimum atomic E-state index is -0.316. The number of likely N-dealkylation sites (N-methyl/N-ethyl adjacent to an activating group) is 1. The van der Waals surface area contributed by atoms with E-state index < -0.39 is 0 Å². The van der Waals surface area contributed by atoms with E-state index in [0.29, 0.717) is 43.8 Å². The van der Waals surface area contributed by atoms with Gasteiger partial charge in [0.1, 0.15) is 18.1 Å². The number of hydrogen-bond donors (Lipinski definition) is 2. The second kappa shape index (κ2) is 14.9. The number of benzene rings is 3. The molecular weight excluding hydrogens is 507 g/mol. The Hall–Kier alpha value is -3.29. The molecule has 4 rings (SSSR count). The number of hydrogen-bond acceptors (Lipinski definition) is 6. The third-order valence-electron chi connectivity index (χ3n) is 7.62. The zero-order chi connectivity index (χ0) is 28.3. The summed E-state index contributed by atoms with van der Waals surface area (Å²) in [6.45, 7) is 6.11. The van der Waals surface area contributed by atoms with E-state index in [1.54, 1.807) is 25.3 Å². The van der Waals surface area contributed by atoms with Crippen molar-refractivity contribution in [2.45, 2.75) is 44.9 Å². The van der Waals surface area contributed by atoms with Gasteiger partial charge < -0.3 is 29.5 Å². The summed E-state index contributed by atoms with van der Waals surface area (Å²) in [6.07, 6.45) is 4.58. The van der Waals surface area contributed by atoms with E-state index in [1.165, 1.54) is 16.7 Å². The normalized spacial score (nSPS) is 14.7. The van der Waals surface area contributed by atoms with Gasteiger partial charge in [-0.25, -0.2) is 4.39 Å². The van der Waals surface area contributed by atoms with Crippen LogP contribution in [0, 0.1) is 5.82 Å². The highest BCUT2D eigenvalue weighted by molar-refractivity contribution is 5.57. The first kappa shape index (κ1) is 29.7. The predicted molar refractivity (Wildman–Crippen MR) is 159 cm³/mol. The molecule has 2 N–H and O–H groups in total. The molecule has 0 heterocycles. The molecule has 0 saturated carbocycles. The van der Waals surface area contributed by atoms with E-state index >= 15 is 0 Å². The molecule has 0 fully saturated rings. The average molecular weight is 551 g/mol. The first-order valence-corrected chi connectivity index (χ1v) is 14.4. The number of methoxy groups -OCH3 is 1.